The number of alkyl halides is 1. The SMILES string of the molecule is CN1CCC(CNC2COCC2Cl)CC1. The molecule has 88 valence electrons. The van der Waals surface area contributed by atoms with E-state index in [1.54, 1.807) is 0 Å². The van der Waals surface area contributed by atoms with E-state index in [0.29, 0.717) is 12.6 Å². The maximum Gasteiger partial charge on any atom is 0.0745 e. The largest absolute Gasteiger partial charge is 0.378 e. The van der Waals surface area contributed by atoms with E-state index in [9.17, 15) is 0 Å². The smallest absolute Gasteiger partial charge is 0.0745 e. The minimum absolute atomic E-state index is 0.163. The lowest BCUT2D eigenvalue weighted by molar-refractivity contribution is 0.184. The van der Waals surface area contributed by atoms with Crippen molar-refractivity contribution in [2.75, 3.05) is 39.9 Å². The second kappa shape index (κ2) is 5.48. The molecule has 2 unspecified atom stereocenters. The Balaban J connectivity index is 1.65. The van der Waals surface area contributed by atoms with Gasteiger partial charge in [0.15, 0.2) is 0 Å². The summed E-state index contributed by atoms with van der Waals surface area (Å²) in [5, 5.41) is 3.70. The fourth-order valence-electron chi connectivity index (χ4n) is 2.30. The first-order chi connectivity index (χ1) is 7.25. The van der Waals surface area contributed by atoms with Crippen LogP contribution in [0.15, 0.2) is 0 Å². The van der Waals surface area contributed by atoms with E-state index < -0.39 is 0 Å². The molecule has 0 aromatic heterocycles. The van der Waals surface area contributed by atoms with E-state index in [0.717, 1.165) is 19.1 Å². The fraction of sp³-hybridized carbons (Fsp3) is 1.00. The van der Waals surface area contributed by atoms with Crippen LogP contribution < -0.4 is 5.32 Å². The number of halogens is 1. The lowest BCUT2D eigenvalue weighted by Crippen LogP contribution is -2.41. The van der Waals surface area contributed by atoms with Crippen molar-refractivity contribution in [3.63, 3.8) is 0 Å². The third kappa shape index (κ3) is 3.31. The van der Waals surface area contributed by atoms with E-state index in [1.165, 1.54) is 25.9 Å². The molecule has 4 heteroatoms. The molecule has 0 radical (unpaired) electrons. The second-order valence-corrected chi connectivity index (χ2v) is 5.38. The molecular formula is C11H21ClN2O. The highest BCUT2D eigenvalue weighted by Gasteiger charge is 2.26. The van der Waals surface area contributed by atoms with Gasteiger partial charge in [0.2, 0.25) is 0 Å². The first-order valence-corrected chi connectivity index (χ1v) is 6.33. The Kier molecular flexibility index (Phi) is 4.26. The topological polar surface area (TPSA) is 24.5 Å². The van der Waals surface area contributed by atoms with Gasteiger partial charge in [-0.2, -0.15) is 0 Å². The van der Waals surface area contributed by atoms with Gasteiger partial charge in [0.25, 0.3) is 0 Å². The monoisotopic (exact) mass is 232 g/mol. The molecule has 2 aliphatic rings. The molecule has 0 spiro atoms. The van der Waals surface area contributed by atoms with Crippen molar-refractivity contribution in [1.29, 1.82) is 0 Å². The summed E-state index contributed by atoms with van der Waals surface area (Å²) in [5.74, 6) is 0.825. The average Bonchev–Trinajstić information content (AvgIpc) is 2.63. The van der Waals surface area contributed by atoms with Crippen molar-refractivity contribution in [2.45, 2.75) is 24.3 Å². The van der Waals surface area contributed by atoms with E-state index in [1.807, 2.05) is 0 Å². The number of hydrogen-bond acceptors (Lipinski definition) is 3. The number of nitrogens with zero attached hydrogens (tertiary/aromatic N) is 1. The van der Waals surface area contributed by atoms with Gasteiger partial charge < -0.3 is 15.0 Å². The van der Waals surface area contributed by atoms with Crippen LogP contribution in [0.2, 0.25) is 0 Å². The fourth-order valence-corrected chi connectivity index (χ4v) is 2.55. The molecule has 0 aromatic rings. The maximum absolute atomic E-state index is 6.12. The van der Waals surface area contributed by atoms with E-state index in [4.69, 9.17) is 16.3 Å². The minimum Gasteiger partial charge on any atom is -0.378 e. The summed E-state index contributed by atoms with van der Waals surface area (Å²) < 4.78 is 5.32. The zero-order chi connectivity index (χ0) is 10.7. The third-order valence-electron chi connectivity index (χ3n) is 3.52. The number of piperidine rings is 1. The van der Waals surface area contributed by atoms with Gasteiger partial charge in [0.05, 0.1) is 18.6 Å². The summed E-state index contributed by atoms with van der Waals surface area (Å²) in [6.07, 6.45) is 2.62. The van der Waals surface area contributed by atoms with Crippen LogP contribution in [-0.4, -0.2) is 56.2 Å². The lowest BCUT2D eigenvalue weighted by Gasteiger charge is -2.30. The molecular weight excluding hydrogens is 212 g/mol. The summed E-state index contributed by atoms with van der Waals surface area (Å²) in [7, 11) is 2.20. The lowest BCUT2D eigenvalue weighted by atomic mass is 9.97. The summed E-state index contributed by atoms with van der Waals surface area (Å²) in [5.41, 5.74) is 0. The molecule has 0 bridgehead atoms. The van der Waals surface area contributed by atoms with Crippen molar-refractivity contribution >= 4 is 11.6 Å². The van der Waals surface area contributed by atoms with Crippen LogP contribution in [0.3, 0.4) is 0 Å². The number of ether oxygens (including phenoxy) is 1. The number of hydrogen-bond donors (Lipinski definition) is 1. The van der Waals surface area contributed by atoms with Crippen molar-refractivity contribution < 1.29 is 4.74 Å². The Morgan fingerprint density at radius 3 is 2.67 bits per heavy atom. The summed E-state index contributed by atoms with van der Waals surface area (Å²) >= 11 is 6.12. The van der Waals surface area contributed by atoms with Crippen LogP contribution in [0.5, 0.6) is 0 Å². The zero-order valence-electron chi connectivity index (χ0n) is 9.42. The molecule has 2 heterocycles. The first-order valence-electron chi connectivity index (χ1n) is 5.89. The van der Waals surface area contributed by atoms with Crippen LogP contribution >= 0.6 is 11.6 Å². The molecule has 15 heavy (non-hydrogen) atoms. The predicted molar refractivity (Wildman–Crippen MR) is 62.5 cm³/mol. The highest BCUT2D eigenvalue weighted by Crippen LogP contribution is 2.17. The highest BCUT2D eigenvalue weighted by molar-refractivity contribution is 6.21. The Hall–Kier alpha value is 0.170. The third-order valence-corrected chi connectivity index (χ3v) is 3.95. The Labute approximate surface area is 97.1 Å². The quantitative estimate of drug-likeness (QED) is 0.733. The number of likely N-dealkylation sites (tertiary alicyclic amines) is 1. The van der Waals surface area contributed by atoms with Crippen LogP contribution in [0, 0.1) is 5.92 Å². The molecule has 2 rings (SSSR count). The molecule has 1 N–H and O–H groups in total. The zero-order valence-corrected chi connectivity index (χ0v) is 10.2. The Morgan fingerprint density at radius 1 is 1.33 bits per heavy atom. The molecule has 2 fully saturated rings. The van der Waals surface area contributed by atoms with Crippen LogP contribution in [-0.2, 0) is 4.74 Å². The molecule has 0 aromatic carbocycles. The van der Waals surface area contributed by atoms with Gasteiger partial charge in [-0.3, -0.25) is 0 Å². The molecule has 2 atom stereocenters. The van der Waals surface area contributed by atoms with Crippen molar-refractivity contribution in [3.8, 4) is 0 Å². The molecule has 0 aliphatic carbocycles. The highest BCUT2D eigenvalue weighted by atomic mass is 35.5. The van der Waals surface area contributed by atoms with Crippen LogP contribution in [0.1, 0.15) is 12.8 Å². The van der Waals surface area contributed by atoms with Crippen molar-refractivity contribution in [1.82, 2.24) is 10.2 Å². The van der Waals surface area contributed by atoms with Gasteiger partial charge in [-0.1, -0.05) is 0 Å². The molecule has 2 aliphatic heterocycles. The maximum atomic E-state index is 6.12. The summed E-state index contributed by atoms with van der Waals surface area (Å²) in [6, 6.07) is 0.367. The minimum atomic E-state index is 0.163. The summed E-state index contributed by atoms with van der Waals surface area (Å²) in [4.78, 5) is 2.40. The van der Waals surface area contributed by atoms with Crippen LogP contribution in [0.4, 0.5) is 0 Å². The number of rotatable bonds is 3. The van der Waals surface area contributed by atoms with Gasteiger partial charge in [-0.15, -0.1) is 11.6 Å². The van der Waals surface area contributed by atoms with E-state index in [-0.39, 0.29) is 5.38 Å². The summed E-state index contributed by atoms with van der Waals surface area (Å²) in [6.45, 7) is 5.05. The van der Waals surface area contributed by atoms with Gasteiger partial charge in [0, 0.05) is 6.04 Å². The number of nitrogens with one attached hydrogen (secondary N) is 1. The Morgan fingerprint density at radius 2 is 2.07 bits per heavy atom. The first kappa shape index (κ1) is 11.6. The van der Waals surface area contributed by atoms with Gasteiger partial charge in [-0.05, 0) is 45.4 Å². The van der Waals surface area contributed by atoms with E-state index >= 15 is 0 Å². The van der Waals surface area contributed by atoms with E-state index in [2.05, 4.69) is 17.3 Å². The van der Waals surface area contributed by atoms with Gasteiger partial charge >= 0.3 is 0 Å². The molecule has 0 saturated carbocycles. The van der Waals surface area contributed by atoms with Crippen molar-refractivity contribution in [3.05, 3.63) is 0 Å². The molecule has 0 amide bonds. The Bertz CT molecular complexity index is 195. The van der Waals surface area contributed by atoms with Gasteiger partial charge in [0.1, 0.15) is 0 Å². The van der Waals surface area contributed by atoms with Crippen molar-refractivity contribution in [2.24, 2.45) is 5.92 Å². The standard InChI is InChI=1S/C11H21ClN2O/c1-14-4-2-9(3-5-14)6-13-11-8-15-7-10(11)12/h9-11,13H,2-8H2,1H3. The van der Waals surface area contributed by atoms with Crippen LogP contribution in [0.25, 0.3) is 0 Å². The predicted octanol–water partition coefficient (Wildman–Crippen LogP) is 0.924. The molecule has 3 nitrogen and oxygen atoms in total. The molecule has 2 saturated heterocycles. The normalized spacial score (nSPS) is 34.8. The van der Waals surface area contributed by atoms with Gasteiger partial charge in [-0.25, -0.2) is 0 Å². The second-order valence-electron chi connectivity index (χ2n) is 4.81. The average molecular weight is 233 g/mol.